The summed E-state index contributed by atoms with van der Waals surface area (Å²) in [5.41, 5.74) is 1.77. The molecule has 4 heteroatoms. The smallest absolute Gasteiger partial charge is 0.123 e. The molecule has 0 aliphatic rings. The van der Waals surface area contributed by atoms with Crippen molar-refractivity contribution in [3.8, 4) is 0 Å². The molecule has 3 nitrogen and oxygen atoms in total. The SMILES string of the molecule is CCN(Cc1ccco1)c1ccc(C(C)O)cc1Cl. The topological polar surface area (TPSA) is 36.6 Å². The van der Waals surface area contributed by atoms with E-state index in [1.165, 1.54) is 0 Å². The maximum absolute atomic E-state index is 9.56. The van der Waals surface area contributed by atoms with Gasteiger partial charge >= 0.3 is 0 Å². The van der Waals surface area contributed by atoms with Gasteiger partial charge in [0.25, 0.3) is 0 Å². The van der Waals surface area contributed by atoms with Crippen molar-refractivity contribution >= 4 is 17.3 Å². The summed E-state index contributed by atoms with van der Waals surface area (Å²) in [6.07, 6.45) is 1.16. The number of aliphatic hydroxyl groups excluding tert-OH is 1. The molecule has 102 valence electrons. The van der Waals surface area contributed by atoms with Crippen molar-refractivity contribution in [3.05, 3.63) is 52.9 Å². The zero-order valence-electron chi connectivity index (χ0n) is 11.1. The number of hydrogen-bond acceptors (Lipinski definition) is 3. The van der Waals surface area contributed by atoms with E-state index in [4.69, 9.17) is 16.0 Å². The van der Waals surface area contributed by atoms with E-state index in [2.05, 4.69) is 11.8 Å². The second kappa shape index (κ2) is 6.13. The molecule has 2 aromatic rings. The van der Waals surface area contributed by atoms with Gasteiger partial charge in [0.05, 0.1) is 29.6 Å². The molecule has 0 spiro atoms. The summed E-state index contributed by atoms with van der Waals surface area (Å²) < 4.78 is 5.36. The first-order valence-corrected chi connectivity index (χ1v) is 6.74. The third-order valence-corrected chi connectivity index (χ3v) is 3.41. The number of rotatable bonds is 5. The lowest BCUT2D eigenvalue weighted by Gasteiger charge is -2.23. The van der Waals surface area contributed by atoms with Crippen LogP contribution >= 0.6 is 11.6 Å². The van der Waals surface area contributed by atoms with Gasteiger partial charge in [0.2, 0.25) is 0 Å². The Hall–Kier alpha value is -1.45. The number of furan rings is 1. The predicted octanol–water partition coefficient (Wildman–Crippen LogP) is 4.01. The quantitative estimate of drug-likeness (QED) is 0.898. The normalized spacial score (nSPS) is 12.4. The highest BCUT2D eigenvalue weighted by Gasteiger charge is 2.12. The molecule has 0 saturated heterocycles. The zero-order valence-corrected chi connectivity index (χ0v) is 11.9. The van der Waals surface area contributed by atoms with Crippen molar-refractivity contribution in [2.24, 2.45) is 0 Å². The van der Waals surface area contributed by atoms with Crippen molar-refractivity contribution in [2.45, 2.75) is 26.5 Å². The molecule has 0 radical (unpaired) electrons. The molecule has 19 heavy (non-hydrogen) atoms. The summed E-state index contributed by atoms with van der Waals surface area (Å²) in [5, 5.41) is 10.2. The minimum Gasteiger partial charge on any atom is -0.467 e. The standard InChI is InChI=1S/C15H18ClNO2/c1-3-17(10-13-5-4-8-19-13)15-7-6-12(11(2)18)9-14(15)16/h4-9,11,18H,3,10H2,1-2H3. The summed E-state index contributed by atoms with van der Waals surface area (Å²) in [7, 11) is 0. The second-order valence-electron chi connectivity index (χ2n) is 4.48. The zero-order chi connectivity index (χ0) is 13.8. The van der Waals surface area contributed by atoms with Gasteiger partial charge < -0.3 is 14.4 Å². The third-order valence-electron chi connectivity index (χ3n) is 3.10. The molecule has 0 aliphatic heterocycles. The van der Waals surface area contributed by atoms with Gasteiger partial charge in [0, 0.05) is 6.54 Å². The molecule has 0 fully saturated rings. The Morgan fingerprint density at radius 2 is 2.16 bits per heavy atom. The predicted molar refractivity (Wildman–Crippen MR) is 77.5 cm³/mol. The molecular formula is C15H18ClNO2. The van der Waals surface area contributed by atoms with E-state index in [1.54, 1.807) is 13.2 Å². The van der Waals surface area contributed by atoms with Gasteiger partial charge in [-0.25, -0.2) is 0 Å². The highest BCUT2D eigenvalue weighted by Crippen LogP contribution is 2.30. The number of benzene rings is 1. The van der Waals surface area contributed by atoms with Crippen molar-refractivity contribution in [1.29, 1.82) is 0 Å². The highest BCUT2D eigenvalue weighted by molar-refractivity contribution is 6.33. The molecule has 0 aliphatic carbocycles. The van der Waals surface area contributed by atoms with Crippen LogP contribution in [0, 0.1) is 0 Å². The van der Waals surface area contributed by atoms with E-state index in [0.717, 1.165) is 23.6 Å². The summed E-state index contributed by atoms with van der Waals surface area (Å²) in [6.45, 7) is 5.30. The molecule has 1 unspecified atom stereocenters. The minimum absolute atomic E-state index is 0.508. The number of nitrogens with zero attached hydrogens (tertiary/aromatic N) is 1. The van der Waals surface area contributed by atoms with Gasteiger partial charge in [-0.1, -0.05) is 17.7 Å². The lowest BCUT2D eigenvalue weighted by atomic mass is 10.1. The molecule has 1 aromatic carbocycles. The van der Waals surface area contributed by atoms with Crippen molar-refractivity contribution in [3.63, 3.8) is 0 Å². The van der Waals surface area contributed by atoms with E-state index in [1.807, 2.05) is 30.3 Å². The Morgan fingerprint density at radius 1 is 1.37 bits per heavy atom. The lowest BCUT2D eigenvalue weighted by Crippen LogP contribution is -2.22. The fourth-order valence-corrected chi connectivity index (χ4v) is 2.31. The first kappa shape index (κ1) is 14.0. The second-order valence-corrected chi connectivity index (χ2v) is 4.89. The molecule has 1 aromatic heterocycles. The van der Waals surface area contributed by atoms with Gasteiger partial charge in [-0.3, -0.25) is 0 Å². The van der Waals surface area contributed by atoms with Crippen molar-refractivity contribution in [1.82, 2.24) is 0 Å². The van der Waals surface area contributed by atoms with Crippen molar-refractivity contribution in [2.75, 3.05) is 11.4 Å². The van der Waals surface area contributed by atoms with E-state index in [-0.39, 0.29) is 0 Å². The fraction of sp³-hybridized carbons (Fsp3) is 0.333. The molecule has 1 N–H and O–H groups in total. The molecule has 1 atom stereocenters. The van der Waals surface area contributed by atoms with Crippen LogP contribution in [0.15, 0.2) is 41.0 Å². The summed E-state index contributed by atoms with van der Waals surface area (Å²) in [6, 6.07) is 9.47. The van der Waals surface area contributed by atoms with Gasteiger partial charge in [0.15, 0.2) is 0 Å². The van der Waals surface area contributed by atoms with Crippen LogP contribution in [0.2, 0.25) is 5.02 Å². The maximum Gasteiger partial charge on any atom is 0.123 e. The largest absolute Gasteiger partial charge is 0.467 e. The molecule has 1 heterocycles. The summed E-state index contributed by atoms with van der Waals surface area (Å²) in [4.78, 5) is 2.13. The van der Waals surface area contributed by atoms with Gasteiger partial charge in [-0.05, 0) is 43.7 Å². The first-order valence-electron chi connectivity index (χ1n) is 6.36. The number of hydrogen-bond donors (Lipinski definition) is 1. The van der Waals surface area contributed by atoms with E-state index >= 15 is 0 Å². The molecular weight excluding hydrogens is 262 g/mol. The maximum atomic E-state index is 9.56. The van der Waals surface area contributed by atoms with Crippen LogP contribution in [-0.2, 0) is 6.54 Å². The van der Waals surface area contributed by atoms with Crippen LogP contribution in [0.5, 0.6) is 0 Å². The molecule has 0 saturated carbocycles. The average molecular weight is 280 g/mol. The number of halogens is 1. The molecule has 0 bridgehead atoms. The Bertz CT molecular complexity index is 523. The van der Waals surface area contributed by atoms with Crippen LogP contribution in [0.4, 0.5) is 5.69 Å². The van der Waals surface area contributed by atoms with Gasteiger partial charge in [-0.15, -0.1) is 0 Å². The first-order chi connectivity index (χ1) is 9.11. The van der Waals surface area contributed by atoms with Gasteiger partial charge in [0.1, 0.15) is 5.76 Å². The van der Waals surface area contributed by atoms with Crippen LogP contribution in [-0.4, -0.2) is 11.7 Å². The van der Waals surface area contributed by atoms with E-state index < -0.39 is 6.10 Å². The summed E-state index contributed by atoms with van der Waals surface area (Å²) in [5.74, 6) is 0.900. The Balaban J connectivity index is 2.23. The van der Waals surface area contributed by atoms with Crippen molar-refractivity contribution < 1.29 is 9.52 Å². The fourth-order valence-electron chi connectivity index (χ4n) is 2.00. The molecule has 0 amide bonds. The Morgan fingerprint density at radius 3 is 2.68 bits per heavy atom. The van der Waals surface area contributed by atoms with Crippen LogP contribution in [0.1, 0.15) is 31.3 Å². The average Bonchev–Trinajstić information content (AvgIpc) is 2.89. The molecule has 2 rings (SSSR count). The Kier molecular flexibility index (Phi) is 4.51. The van der Waals surface area contributed by atoms with Crippen LogP contribution in [0.25, 0.3) is 0 Å². The minimum atomic E-state index is -0.508. The third kappa shape index (κ3) is 3.31. The highest BCUT2D eigenvalue weighted by atomic mass is 35.5. The lowest BCUT2D eigenvalue weighted by molar-refractivity contribution is 0.199. The summed E-state index contributed by atoms with van der Waals surface area (Å²) >= 11 is 6.30. The number of aliphatic hydroxyl groups is 1. The Labute approximate surface area is 118 Å². The van der Waals surface area contributed by atoms with E-state index in [0.29, 0.717) is 11.6 Å². The van der Waals surface area contributed by atoms with Crippen LogP contribution < -0.4 is 4.90 Å². The van der Waals surface area contributed by atoms with Gasteiger partial charge in [-0.2, -0.15) is 0 Å². The number of anilines is 1. The van der Waals surface area contributed by atoms with E-state index in [9.17, 15) is 5.11 Å². The van der Waals surface area contributed by atoms with Crippen LogP contribution in [0.3, 0.4) is 0 Å². The monoisotopic (exact) mass is 279 g/mol.